The van der Waals surface area contributed by atoms with Gasteiger partial charge in [0.1, 0.15) is 5.37 Å². The van der Waals surface area contributed by atoms with E-state index in [1.807, 2.05) is 34.1 Å². The first-order valence-corrected chi connectivity index (χ1v) is 10.4. The van der Waals surface area contributed by atoms with E-state index in [-0.39, 0.29) is 30.3 Å². The Morgan fingerprint density at radius 3 is 2.73 bits per heavy atom. The van der Waals surface area contributed by atoms with E-state index in [9.17, 15) is 9.59 Å². The van der Waals surface area contributed by atoms with Crippen molar-refractivity contribution in [3.8, 4) is 0 Å². The molecular weight excluding hydrogens is 372 g/mol. The summed E-state index contributed by atoms with van der Waals surface area (Å²) in [7, 11) is 0. The van der Waals surface area contributed by atoms with E-state index in [4.69, 9.17) is 16.3 Å². The van der Waals surface area contributed by atoms with Gasteiger partial charge >= 0.3 is 5.97 Å². The van der Waals surface area contributed by atoms with Crippen molar-refractivity contribution in [2.24, 2.45) is 5.92 Å². The molecular formula is C19H27ClN2O3S. The molecule has 7 heteroatoms. The van der Waals surface area contributed by atoms with Crippen molar-refractivity contribution >= 4 is 35.2 Å². The lowest BCUT2D eigenvalue weighted by Crippen LogP contribution is -2.43. The van der Waals surface area contributed by atoms with Gasteiger partial charge in [0, 0.05) is 29.4 Å². The molecule has 1 aromatic rings. The Morgan fingerprint density at radius 1 is 1.35 bits per heavy atom. The lowest BCUT2D eigenvalue weighted by Gasteiger charge is -2.29. The van der Waals surface area contributed by atoms with E-state index >= 15 is 0 Å². The molecule has 0 bridgehead atoms. The number of ether oxygens (including phenoxy) is 1. The minimum absolute atomic E-state index is 0.0184. The molecule has 1 aromatic carbocycles. The summed E-state index contributed by atoms with van der Waals surface area (Å²) < 4.78 is 5.04. The average molecular weight is 399 g/mol. The number of hydrogen-bond donors (Lipinski definition) is 0. The lowest BCUT2D eigenvalue weighted by molar-refractivity contribution is -0.145. The second-order valence-electron chi connectivity index (χ2n) is 6.70. The van der Waals surface area contributed by atoms with Gasteiger partial charge in [0.25, 0.3) is 0 Å². The van der Waals surface area contributed by atoms with E-state index in [0.717, 1.165) is 11.3 Å². The predicted octanol–water partition coefficient (Wildman–Crippen LogP) is 3.44. The fourth-order valence-electron chi connectivity index (χ4n) is 3.03. The van der Waals surface area contributed by atoms with Crippen LogP contribution >= 0.6 is 23.4 Å². The number of thioether (sulfide) groups is 1. The Morgan fingerprint density at radius 2 is 2.08 bits per heavy atom. The first-order valence-electron chi connectivity index (χ1n) is 8.95. The number of carbonyl (C=O) groups is 2. The summed E-state index contributed by atoms with van der Waals surface area (Å²) in [5, 5.41) is 0.606. The molecule has 1 fully saturated rings. The molecule has 1 heterocycles. The van der Waals surface area contributed by atoms with Gasteiger partial charge in [0.15, 0.2) is 0 Å². The molecule has 2 rings (SSSR count). The van der Waals surface area contributed by atoms with Gasteiger partial charge in [-0.25, -0.2) is 0 Å². The van der Waals surface area contributed by atoms with Crippen molar-refractivity contribution in [3.63, 3.8) is 0 Å². The van der Waals surface area contributed by atoms with Gasteiger partial charge < -0.3 is 9.64 Å². The van der Waals surface area contributed by atoms with Crippen LogP contribution in [-0.4, -0.2) is 60.2 Å². The summed E-state index contributed by atoms with van der Waals surface area (Å²) in [4.78, 5) is 28.5. The molecule has 0 unspecified atom stereocenters. The Labute approximate surface area is 165 Å². The summed E-state index contributed by atoms with van der Waals surface area (Å²) in [5.74, 6) is 0.956. The number of carbonyl (C=O) groups excluding carboxylic acids is 2. The van der Waals surface area contributed by atoms with Crippen LogP contribution in [0.25, 0.3) is 0 Å². The quantitative estimate of drug-likeness (QED) is 0.628. The number of rotatable bonds is 8. The minimum Gasteiger partial charge on any atom is -0.465 e. The maximum Gasteiger partial charge on any atom is 0.320 e. The van der Waals surface area contributed by atoms with E-state index < -0.39 is 0 Å². The maximum absolute atomic E-state index is 12.9. The van der Waals surface area contributed by atoms with Crippen molar-refractivity contribution in [2.75, 3.05) is 38.5 Å². The molecule has 0 spiro atoms. The van der Waals surface area contributed by atoms with Crippen molar-refractivity contribution in [1.29, 1.82) is 0 Å². The maximum atomic E-state index is 12.9. The standard InChI is InChI=1S/C19H27ClN2O3S/c1-4-25-18(24)13-21(11-14(2)3)12-17(23)22-9-10-26-19(22)15-7-5-6-8-16(15)20/h5-8,14,19H,4,9-13H2,1-3H3/t19-/m1/s1. The lowest BCUT2D eigenvalue weighted by atomic mass is 10.2. The smallest absolute Gasteiger partial charge is 0.320 e. The van der Waals surface area contributed by atoms with Crippen LogP contribution in [0, 0.1) is 5.92 Å². The zero-order valence-electron chi connectivity index (χ0n) is 15.6. The fraction of sp³-hybridized carbons (Fsp3) is 0.579. The normalized spacial score (nSPS) is 17.2. The van der Waals surface area contributed by atoms with E-state index in [1.165, 1.54) is 0 Å². The van der Waals surface area contributed by atoms with Crippen LogP contribution in [0.5, 0.6) is 0 Å². The summed E-state index contributed by atoms with van der Waals surface area (Å²) >= 11 is 8.05. The predicted molar refractivity (Wildman–Crippen MR) is 106 cm³/mol. The SMILES string of the molecule is CCOC(=O)CN(CC(=O)N1CCS[C@@H]1c1ccccc1Cl)CC(C)C. The Bertz CT molecular complexity index is 627. The van der Waals surface area contributed by atoms with Gasteiger partial charge in [-0.15, -0.1) is 11.8 Å². The molecule has 5 nitrogen and oxygen atoms in total. The van der Waals surface area contributed by atoms with E-state index in [2.05, 4.69) is 13.8 Å². The number of esters is 1. The number of nitrogens with zero attached hydrogens (tertiary/aromatic N) is 2. The summed E-state index contributed by atoms with van der Waals surface area (Å²) in [6, 6.07) is 7.65. The molecule has 0 saturated carbocycles. The Balaban J connectivity index is 2.07. The van der Waals surface area contributed by atoms with Gasteiger partial charge in [0.2, 0.25) is 5.91 Å². The first kappa shape index (κ1) is 21.1. The van der Waals surface area contributed by atoms with Gasteiger partial charge in [-0.3, -0.25) is 14.5 Å². The van der Waals surface area contributed by atoms with Crippen molar-refractivity contribution in [1.82, 2.24) is 9.80 Å². The third-order valence-corrected chi connectivity index (χ3v) is 5.61. The van der Waals surface area contributed by atoms with Gasteiger partial charge in [-0.05, 0) is 18.9 Å². The number of benzene rings is 1. The highest BCUT2D eigenvalue weighted by molar-refractivity contribution is 7.99. The van der Waals surface area contributed by atoms with Crippen LogP contribution in [0.4, 0.5) is 0 Å². The highest BCUT2D eigenvalue weighted by atomic mass is 35.5. The van der Waals surface area contributed by atoms with Crippen LogP contribution in [0.15, 0.2) is 24.3 Å². The number of amides is 1. The molecule has 144 valence electrons. The zero-order valence-corrected chi connectivity index (χ0v) is 17.2. The van der Waals surface area contributed by atoms with Gasteiger partial charge in [-0.2, -0.15) is 0 Å². The fourth-order valence-corrected chi connectivity index (χ4v) is 4.65. The summed E-state index contributed by atoms with van der Waals surface area (Å²) in [5.41, 5.74) is 0.964. The number of hydrogen-bond acceptors (Lipinski definition) is 5. The largest absolute Gasteiger partial charge is 0.465 e. The van der Waals surface area contributed by atoms with Crippen LogP contribution in [0.2, 0.25) is 5.02 Å². The molecule has 1 atom stereocenters. The van der Waals surface area contributed by atoms with Gasteiger partial charge in [0.05, 0.1) is 19.7 Å². The van der Waals surface area contributed by atoms with Crippen LogP contribution in [0.3, 0.4) is 0 Å². The molecule has 1 saturated heterocycles. The second-order valence-corrected chi connectivity index (χ2v) is 8.30. The van der Waals surface area contributed by atoms with Crippen LogP contribution < -0.4 is 0 Å². The highest BCUT2D eigenvalue weighted by Crippen LogP contribution is 2.40. The highest BCUT2D eigenvalue weighted by Gasteiger charge is 2.32. The van der Waals surface area contributed by atoms with Crippen molar-refractivity contribution < 1.29 is 14.3 Å². The van der Waals surface area contributed by atoms with Crippen LogP contribution in [-0.2, 0) is 14.3 Å². The molecule has 0 aliphatic carbocycles. The second kappa shape index (κ2) is 10.2. The molecule has 1 amide bonds. The van der Waals surface area contributed by atoms with Gasteiger partial charge in [-0.1, -0.05) is 43.6 Å². The van der Waals surface area contributed by atoms with E-state index in [0.29, 0.717) is 30.6 Å². The Kier molecular flexibility index (Phi) is 8.25. The molecule has 1 aliphatic heterocycles. The van der Waals surface area contributed by atoms with Crippen molar-refractivity contribution in [2.45, 2.75) is 26.1 Å². The third kappa shape index (κ3) is 5.89. The first-order chi connectivity index (χ1) is 12.4. The monoisotopic (exact) mass is 398 g/mol. The Hall–Kier alpha value is -1.24. The molecule has 1 aliphatic rings. The third-order valence-electron chi connectivity index (χ3n) is 4.02. The summed E-state index contributed by atoms with van der Waals surface area (Å²) in [6.07, 6.45) is 0. The van der Waals surface area contributed by atoms with Crippen molar-refractivity contribution in [3.05, 3.63) is 34.9 Å². The topological polar surface area (TPSA) is 49.9 Å². The zero-order chi connectivity index (χ0) is 19.1. The number of halogens is 1. The van der Waals surface area contributed by atoms with Crippen LogP contribution in [0.1, 0.15) is 31.7 Å². The molecule has 0 aromatic heterocycles. The molecule has 0 radical (unpaired) electrons. The minimum atomic E-state index is -0.292. The molecule has 26 heavy (non-hydrogen) atoms. The summed E-state index contributed by atoms with van der Waals surface area (Å²) in [6.45, 7) is 7.97. The van der Waals surface area contributed by atoms with E-state index in [1.54, 1.807) is 18.7 Å². The molecule has 0 N–H and O–H groups in total. The average Bonchev–Trinajstić information content (AvgIpc) is 3.04.